The van der Waals surface area contributed by atoms with Crippen LogP contribution < -0.4 is 4.74 Å². The number of aryl methyl sites for hydroxylation is 1. The average Bonchev–Trinajstić information content (AvgIpc) is 2.96. The first-order valence-corrected chi connectivity index (χ1v) is 9.61. The number of hydrogen-bond donors (Lipinski definition) is 0. The Morgan fingerprint density at radius 3 is 2.62 bits per heavy atom. The van der Waals surface area contributed by atoms with Crippen LogP contribution in [0, 0.1) is 17.0 Å². The van der Waals surface area contributed by atoms with E-state index in [0.717, 1.165) is 27.8 Å². The molecule has 0 aromatic heterocycles. The smallest absolute Gasteiger partial charge is 0.293 e. The standard InChI is InChI=1S/C21H18N2O5S/c1-15-4-2-6-18(14-15)28-13-12-22-20(24)19(29-21(22)25)7-3-5-16-8-10-17(11-9-16)23(26)27/h2-11,14H,12-13H2,1H3/b5-3+,19-7-. The summed E-state index contributed by atoms with van der Waals surface area (Å²) in [5, 5.41) is 10.3. The molecule has 1 saturated heterocycles. The molecule has 3 rings (SSSR count). The van der Waals surface area contributed by atoms with Crippen LogP contribution in [0.25, 0.3) is 6.08 Å². The number of nitro benzene ring substituents is 1. The molecule has 148 valence electrons. The van der Waals surface area contributed by atoms with Crippen molar-refractivity contribution in [2.45, 2.75) is 6.92 Å². The number of non-ortho nitro benzene ring substituents is 1. The lowest BCUT2D eigenvalue weighted by Gasteiger charge is -2.13. The highest BCUT2D eigenvalue weighted by Gasteiger charge is 2.34. The van der Waals surface area contributed by atoms with E-state index in [9.17, 15) is 19.7 Å². The summed E-state index contributed by atoms with van der Waals surface area (Å²) in [5.74, 6) is 0.333. The molecule has 1 fully saturated rings. The van der Waals surface area contributed by atoms with Crippen LogP contribution in [0.3, 0.4) is 0 Å². The molecule has 0 bridgehead atoms. The third kappa shape index (κ3) is 5.32. The summed E-state index contributed by atoms with van der Waals surface area (Å²) in [6.45, 7) is 2.34. The Balaban J connectivity index is 1.56. The largest absolute Gasteiger partial charge is 0.492 e. The summed E-state index contributed by atoms with van der Waals surface area (Å²) in [7, 11) is 0. The molecule has 0 atom stereocenters. The van der Waals surface area contributed by atoms with Gasteiger partial charge in [-0.25, -0.2) is 0 Å². The Kier molecular flexibility index (Phi) is 6.46. The number of imide groups is 1. The number of hydrogen-bond acceptors (Lipinski definition) is 6. The molecule has 0 saturated carbocycles. The van der Waals surface area contributed by atoms with Crippen molar-refractivity contribution in [2.75, 3.05) is 13.2 Å². The maximum atomic E-state index is 12.4. The molecule has 0 radical (unpaired) electrons. The van der Waals surface area contributed by atoms with Gasteiger partial charge in [0.25, 0.3) is 16.8 Å². The fourth-order valence-corrected chi connectivity index (χ4v) is 3.44. The summed E-state index contributed by atoms with van der Waals surface area (Å²) in [6.07, 6.45) is 4.91. The van der Waals surface area contributed by atoms with Crippen LogP contribution in [0.1, 0.15) is 11.1 Å². The van der Waals surface area contributed by atoms with E-state index in [-0.39, 0.29) is 30.0 Å². The van der Waals surface area contributed by atoms with Gasteiger partial charge < -0.3 is 4.74 Å². The Hall–Kier alpha value is -3.39. The molecule has 1 aliphatic rings. The quantitative estimate of drug-likeness (QED) is 0.377. The van der Waals surface area contributed by atoms with E-state index >= 15 is 0 Å². The van der Waals surface area contributed by atoms with Gasteiger partial charge in [-0.15, -0.1) is 0 Å². The Bertz CT molecular complexity index is 998. The van der Waals surface area contributed by atoms with Gasteiger partial charge in [0.15, 0.2) is 0 Å². The number of nitro groups is 1. The van der Waals surface area contributed by atoms with Crippen LogP contribution in [0.5, 0.6) is 5.75 Å². The topological polar surface area (TPSA) is 89.8 Å². The van der Waals surface area contributed by atoms with Gasteiger partial charge in [0.05, 0.1) is 16.4 Å². The number of carbonyl (C=O) groups is 2. The van der Waals surface area contributed by atoms with Crippen molar-refractivity contribution in [1.29, 1.82) is 0 Å². The van der Waals surface area contributed by atoms with Gasteiger partial charge in [0, 0.05) is 12.1 Å². The Morgan fingerprint density at radius 1 is 1.17 bits per heavy atom. The number of rotatable bonds is 7. The van der Waals surface area contributed by atoms with Gasteiger partial charge in [0.1, 0.15) is 12.4 Å². The van der Waals surface area contributed by atoms with E-state index in [0.29, 0.717) is 10.7 Å². The molecule has 0 N–H and O–H groups in total. The van der Waals surface area contributed by atoms with E-state index in [1.54, 1.807) is 30.4 Å². The first kappa shape index (κ1) is 20.3. The maximum Gasteiger partial charge on any atom is 0.293 e. The predicted molar refractivity (Wildman–Crippen MR) is 112 cm³/mol. The van der Waals surface area contributed by atoms with Gasteiger partial charge in [0.2, 0.25) is 0 Å². The summed E-state index contributed by atoms with van der Waals surface area (Å²) in [6, 6.07) is 13.6. The molecule has 1 heterocycles. The number of nitrogens with zero attached hydrogens (tertiary/aromatic N) is 2. The number of carbonyl (C=O) groups excluding carboxylic acids is 2. The van der Waals surface area contributed by atoms with E-state index in [1.807, 2.05) is 31.2 Å². The van der Waals surface area contributed by atoms with Crippen LogP contribution in [-0.2, 0) is 4.79 Å². The SMILES string of the molecule is Cc1cccc(OCCN2C(=O)S/C(=C\C=C\c3ccc([N+](=O)[O-])cc3)C2=O)c1. The summed E-state index contributed by atoms with van der Waals surface area (Å²) in [5.41, 5.74) is 1.82. The lowest BCUT2D eigenvalue weighted by Crippen LogP contribution is -2.32. The highest BCUT2D eigenvalue weighted by molar-refractivity contribution is 8.18. The molecule has 8 heteroatoms. The lowest BCUT2D eigenvalue weighted by atomic mass is 10.2. The second-order valence-electron chi connectivity index (χ2n) is 6.23. The van der Waals surface area contributed by atoms with Gasteiger partial charge in [-0.3, -0.25) is 24.6 Å². The molecule has 1 aliphatic heterocycles. The second kappa shape index (κ2) is 9.20. The van der Waals surface area contributed by atoms with Crippen LogP contribution in [0.4, 0.5) is 10.5 Å². The van der Waals surface area contributed by atoms with Crippen LogP contribution >= 0.6 is 11.8 Å². The normalized spacial score (nSPS) is 15.5. The van der Waals surface area contributed by atoms with Crippen molar-refractivity contribution < 1.29 is 19.2 Å². The fourth-order valence-electron chi connectivity index (χ4n) is 2.62. The van der Waals surface area contributed by atoms with E-state index in [2.05, 4.69) is 0 Å². The maximum absolute atomic E-state index is 12.4. The van der Waals surface area contributed by atoms with Crippen molar-refractivity contribution in [2.24, 2.45) is 0 Å². The zero-order valence-electron chi connectivity index (χ0n) is 15.6. The second-order valence-corrected chi connectivity index (χ2v) is 7.22. The van der Waals surface area contributed by atoms with Gasteiger partial charge in [-0.05, 0) is 60.2 Å². The van der Waals surface area contributed by atoms with Crippen LogP contribution in [0.15, 0.2) is 65.6 Å². The fraction of sp³-hybridized carbons (Fsp3) is 0.143. The van der Waals surface area contributed by atoms with Crippen LogP contribution in [0.2, 0.25) is 0 Å². The molecular weight excluding hydrogens is 392 g/mol. The molecule has 2 amide bonds. The minimum Gasteiger partial charge on any atom is -0.492 e. The summed E-state index contributed by atoms with van der Waals surface area (Å²) >= 11 is 0.874. The van der Waals surface area contributed by atoms with Crippen molar-refractivity contribution in [3.8, 4) is 5.75 Å². The molecule has 29 heavy (non-hydrogen) atoms. The van der Waals surface area contributed by atoms with Gasteiger partial charge in [-0.2, -0.15) is 0 Å². The summed E-state index contributed by atoms with van der Waals surface area (Å²) < 4.78 is 5.61. The molecule has 2 aromatic carbocycles. The predicted octanol–water partition coefficient (Wildman–Crippen LogP) is 4.57. The Labute approximate surface area is 171 Å². The molecule has 0 spiro atoms. The average molecular weight is 410 g/mol. The highest BCUT2D eigenvalue weighted by Crippen LogP contribution is 2.30. The van der Waals surface area contributed by atoms with Crippen molar-refractivity contribution in [3.05, 3.63) is 86.8 Å². The molecule has 2 aromatic rings. The minimum atomic E-state index is -0.466. The monoisotopic (exact) mass is 410 g/mol. The highest BCUT2D eigenvalue weighted by atomic mass is 32.2. The zero-order valence-corrected chi connectivity index (χ0v) is 16.4. The van der Waals surface area contributed by atoms with Crippen molar-refractivity contribution in [3.63, 3.8) is 0 Å². The number of allylic oxidation sites excluding steroid dienone is 2. The minimum absolute atomic E-state index is 0.0103. The Morgan fingerprint density at radius 2 is 1.93 bits per heavy atom. The molecule has 0 unspecified atom stereocenters. The van der Waals surface area contributed by atoms with Crippen molar-refractivity contribution in [1.82, 2.24) is 4.90 Å². The van der Waals surface area contributed by atoms with Gasteiger partial charge in [-0.1, -0.05) is 24.3 Å². The number of ether oxygens (including phenoxy) is 1. The number of amides is 2. The molecule has 0 aliphatic carbocycles. The number of thioether (sulfide) groups is 1. The summed E-state index contributed by atoms with van der Waals surface area (Å²) in [4.78, 5) is 36.2. The van der Waals surface area contributed by atoms with E-state index in [1.165, 1.54) is 12.1 Å². The third-order valence-electron chi connectivity index (χ3n) is 4.09. The molecule has 7 nitrogen and oxygen atoms in total. The van der Waals surface area contributed by atoms with E-state index in [4.69, 9.17) is 4.74 Å². The zero-order chi connectivity index (χ0) is 20.8. The number of benzene rings is 2. The van der Waals surface area contributed by atoms with Crippen LogP contribution in [-0.4, -0.2) is 34.1 Å². The third-order valence-corrected chi connectivity index (χ3v) is 5.01. The first-order valence-electron chi connectivity index (χ1n) is 8.80. The van der Waals surface area contributed by atoms with Crippen molar-refractivity contribution >= 4 is 34.7 Å². The lowest BCUT2D eigenvalue weighted by molar-refractivity contribution is -0.384. The molecular formula is C21H18N2O5S. The first-order chi connectivity index (χ1) is 13.9. The van der Waals surface area contributed by atoms with Gasteiger partial charge >= 0.3 is 0 Å². The van der Waals surface area contributed by atoms with E-state index < -0.39 is 4.92 Å².